The number of aliphatic hydroxyl groups excluding tert-OH is 1. The minimum absolute atomic E-state index is 0.0119. The molecule has 1 amide bonds. The summed E-state index contributed by atoms with van der Waals surface area (Å²) >= 11 is 0. The maximum absolute atomic E-state index is 11.5. The molecule has 6 nitrogen and oxygen atoms in total. The Bertz CT molecular complexity index is 250. The van der Waals surface area contributed by atoms with Crippen LogP contribution in [0, 0.1) is 0 Å². The molecule has 0 aromatic rings. The van der Waals surface area contributed by atoms with E-state index in [9.17, 15) is 4.79 Å². The Kier molecular flexibility index (Phi) is 4.22. The first kappa shape index (κ1) is 10.8. The molecule has 1 rings (SSSR count). The Morgan fingerprint density at radius 3 is 3.07 bits per heavy atom. The number of hydrogen-bond donors (Lipinski definition) is 1. The van der Waals surface area contributed by atoms with Crippen molar-refractivity contribution in [3.63, 3.8) is 0 Å². The first-order chi connectivity index (χ1) is 6.79. The zero-order valence-corrected chi connectivity index (χ0v) is 7.96. The van der Waals surface area contributed by atoms with E-state index in [1.54, 1.807) is 4.90 Å². The van der Waals surface area contributed by atoms with Gasteiger partial charge >= 0.3 is 0 Å². The number of carbonyl (C=O) groups is 1. The summed E-state index contributed by atoms with van der Waals surface area (Å²) in [6.45, 7) is 0.500. The second kappa shape index (κ2) is 5.47. The van der Waals surface area contributed by atoms with Gasteiger partial charge in [0.2, 0.25) is 5.91 Å². The van der Waals surface area contributed by atoms with Gasteiger partial charge in [0.1, 0.15) is 6.54 Å². The van der Waals surface area contributed by atoms with E-state index in [0.29, 0.717) is 6.54 Å². The lowest BCUT2D eigenvalue weighted by atomic mass is 10.0. The summed E-state index contributed by atoms with van der Waals surface area (Å²) in [6.07, 6.45) is 2.83. The van der Waals surface area contributed by atoms with E-state index < -0.39 is 0 Å². The topological polar surface area (TPSA) is 89.3 Å². The molecule has 1 N–H and O–H groups in total. The van der Waals surface area contributed by atoms with Crippen molar-refractivity contribution in [2.24, 2.45) is 5.11 Å². The molecule has 6 heteroatoms. The highest BCUT2D eigenvalue weighted by molar-refractivity contribution is 5.78. The van der Waals surface area contributed by atoms with Crippen molar-refractivity contribution in [2.45, 2.75) is 25.3 Å². The fraction of sp³-hybridized carbons (Fsp3) is 0.875. The highest BCUT2D eigenvalue weighted by Crippen LogP contribution is 2.16. The van der Waals surface area contributed by atoms with Gasteiger partial charge in [-0.2, -0.15) is 0 Å². The SMILES string of the molecule is [N-]=[N+]=NCC(=O)N1CCCC[C@H]1CO. The Balaban J connectivity index is 2.54. The maximum atomic E-state index is 11.5. The molecular weight excluding hydrogens is 184 g/mol. The third kappa shape index (κ3) is 2.61. The van der Waals surface area contributed by atoms with Crippen molar-refractivity contribution in [1.29, 1.82) is 0 Å². The molecule has 1 atom stereocenters. The molecule has 0 bridgehead atoms. The third-order valence-corrected chi connectivity index (χ3v) is 2.43. The van der Waals surface area contributed by atoms with E-state index in [2.05, 4.69) is 10.0 Å². The number of nitrogens with zero attached hydrogens (tertiary/aromatic N) is 4. The van der Waals surface area contributed by atoms with Crippen molar-refractivity contribution in [1.82, 2.24) is 4.90 Å². The normalized spacial score (nSPS) is 21.5. The van der Waals surface area contributed by atoms with Gasteiger partial charge in [-0.3, -0.25) is 4.79 Å². The molecule has 1 heterocycles. The lowest BCUT2D eigenvalue weighted by Gasteiger charge is -2.34. The first-order valence-electron chi connectivity index (χ1n) is 4.70. The van der Waals surface area contributed by atoms with Crippen LogP contribution >= 0.6 is 0 Å². The number of carbonyl (C=O) groups excluding carboxylic acids is 1. The van der Waals surface area contributed by atoms with Gasteiger partial charge in [-0.15, -0.1) is 0 Å². The molecule has 0 aromatic heterocycles. The van der Waals surface area contributed by atoms with Crippen LogP contribution in [-0.2, 0) is 4.79 Å². The van der Waals surface area contributed by atoms with Crippen LogP contribution in [-0.4, -0.2) is 41.7 Å². The minimum Gasteiger partial charge on any atom is -0.394 e. The molecule has 0 radical (unpaired) electrons. The smallest absolute Gasteiger partial charge is 0.228 e. The molecule has 1 aliphatic heterocycles. The van der Waals surface area contributed by atoms with Crippen LogP contribution in [0.15, 0.2) is 5.11 Å². The van der Waals surface area contributed by atoms with Gasteiger partial charge in [0.05, 0.1) is 12.6 Å². The Hall–Kier alpha value is -1.26. The third-order valence-electron chi connectivity index (χ3n) is 2.43. The molecule has 0 unspecified atom stereocenters. The fourth-order valence-corrected chi connectivity index (χ4v) is 1.70. The summed E-state index contributed by atoms with van der Waals surface area (Å²) in [7, 11) is 0. The molecule has 1 fully saturated rings. The Morgan fingerprint density at radius 2 is 2.43 bits per heavy atom. The van der Waals surface area contributed by atoms with Crippen LogP contribution in [0.25, 0.3) is 10.4 Å². The van der Waals surface area contributed by atoms with Gasteiger partial charge in [0.15, 0.2) is 0 Å². The molecule has 78 valence electrons. The average molecular weight is 198 g/mol. The summed E-state index contributed by atoms with van der Waals surface area (Å²) in [5, 5.41) is 12.3. The van der Waals surface area contributed by atoms with Gasteiger partial charge < -0.3 is 10.0 Å². The average Bonchev–Trinajstić information content (AvgIpc) is 2.25. The Labute approximate surface area is 82.1 Å². The van der Waals surface area contributed by atoms with E-state index >= 15 is 0 Å². The number of aliphatic hydroxyl groups is 1. The summed E-state index contributed by atoms with van der Waals surface area (Å²) in [6, 6.07) is -0.0925. The summed E-state index contributed by atoms with van der Waals surface area (Å²) in [5.41, 5.74) is 8.07. The largest absolute Gasteiger partial charge is 0.394 e. The monoisotopic (exact) mass is 198 g/mol. The van der Waals surface area contributed by atoms with Crippen LogP contribution in [0.1, 0.15) is 19.3 Å². The molecule has 0 aliphatic carbocycles. The number of amides is 1. The van der Waals surface area contributed by atoms with Crippen LogP contribution < -0.4 is 0 Å². The molecular formula is C8H14N4O2. The van der Waals surface area contributed by atoms with Crippen molar-refractivity contribution < 1.29 is 9.90 Å². The van der Waals surface area contributed by atoms with E-state index in [4.69, 9.17) is 10.6 Å². The van der Waals surface area contributed by atoms with Crippen LogP contribution in [0.3, 0.4) is 0 Å². The van der Waals surface area contributed by atoms with E-state index in [1.165, 1.54) is 0 Å². The zero-order valence-electron chi connectivity index (χ0n) is 7.96. The number of azide groups is 1. The fourth-order valence-electron chi connectivity index (χ4n) is 1.70. The van der Waals surface area contributed by atoms with E-state index in [1.807, 2.05) is 0 Å². The number of likely N-dealkylation sites (tertiary alicyclic amines) is 1. The van der Waals surface area contributed by atoms with Gasteiger partial charge in [0, 0.05) is 11.5 Å². The van der Waals surface area contributed by atoms with E-state index in [0.717, 1.165) is 19.3 Å². The second-order valence-electron chi connectivity index (χ2n) is 3.31. The lowest BCUT2D eigenvalue weighted by Crippen LogP contribution is -2.46. The lowest BCUT2D eigenvalue weighted by molar-refractivity contribution is -0.134. The van der Waals surface area contributed by atoms with Gasteiger partial charge in [-0.1, -0.05) is 5.11 Å². The number of piperidine rings is 1. The van der Waals surface area contributed by atoms with Crippen LogP contribution in [0.4, 0.5) is 0 Å². The van der Waals surface area contributed by atoms with Crippen molar-refractivity contribution in [3.8, 4) is 0 Å². The predicted octanol–water partition coefficient (Wildman–Crippen LogP) is 0.670. The Morgan fingerprint density at radius 1 is 1.64 bits per heavy atom. The summed E-state index contributed by atoms with van der Waals surface area (Å²) < 4.78 is 0. The highest BCUT2D eigenvalue weighted by Gasteiger charge is 2.24. The second-order valence-corrected chi connectivity index (χ2v) is 3.31. The van der Waals surface area contributed by atoms with Crippen molar-refractivity contribution in [3.05, 3.63) is 10.4 Å². The van der Waals surface area contributed by atoms with Gasteiger partial charge in [-0.05, 0) is 24.8 Å². The van der Waals surface area contributed by atoms with Gasteiger partial charge in [-0.25, -0.2) is 0 Å². The number of rotatable bonds is 3. The first-order valence-corrected chi connectivity index (χ1v) is 4.70. The molecule has 0 aromatic carbocycles. The molecule has 1 aliphatic rings. The van der Waals surface area contributed by atoms with E-state index in [-0.39, 0.29) is 25.1 Å². The summed E-state index contributed by atoms with van der Waals surface area (Å²) in [5.74, 6) is -0.193. The highest BCUT2D eigenvalue weighted by atomic mass is 16.3. The van der Waals surface area contributed by atoms with Crippen molar-refractivity contribution >= 4 is 5.91 Å². The number of hydrogen-bond acceptors (Lipinski definition) is 3. The molecule has 0 spiro atoms. The van der Waals surface area contributed by atoms with Crippen LogP contribution in [0.5, 0.6) is 0 Å². The van der Waals surface area contributed by atoms with Crippen LogP contribution in [0.2, 0.25) is 0 Å². The molecule has 0 saturated carbocycles. The summed E-state index contributed by atoms with van der Waals surface area (Å²) in [4.78, 5) is 15.6. The maximum Gasteiger partial charge on any atom is 0.228 e. The minimum atomic E-state index is -0.193. The predicted molar refractivity (Wildman–Crippen MR) is 50.5 cm³/mol. The standard InChI is InChI=1S/C8H14N4O2/c9-11-10-5-8(14)12-4-2-1-3-7(12)6-13/h7,13H,1-6H2/t7-/m0/s1. The quantitative estimate of drug-likeness (QED) is 0.410. The zero-order chi connectivity index (χ0) is 10.4. The van der Waals surface area contributed by atoms with Crippen molar-refractivity contribution in [2.75, 3.05) is 19.7 Å². The van der Waals surface area contributed by atoms with Gasteiger partial charge in [0.25, 0.3) is 0 Å². The molecule has 14 heavy (non-hydrogen) atoms. The molecule has 1 saturated heterocycles.